The molecule has 2 aliphatic heterocycles. The number of hydrogen-bond donors (Lipinski definition) is 4. The largest absolute Gasteiger partial charge is 0.359 e. The van der Waals surface area contributed by atoms with Gasteiger partial charge in [0.05, 0.1) is 16.9 Å². The van der Waals surface area contributed by atoms with Crippen LogP contribution in [0.3, 0.4) is 0 Å². The van der Waals surface area contributed by atoms with Crippen LogP contribution in [0.2, 0.25) is 0 Å². The minimum Gasteiger partial charge on any atom is -0.359 e. The number of carbonyl (C=O) groups is 2. The first kappa shape index (κ1) is 23.2. The highest BCUT2D eigenvalue weighted by atomic mass is 32.2. The van der Waals surface area contributed by atoms with E-state index in [-0.39, 0.29) is 23.1 Å². The number of aryl methyl sites for hydroxylation is 1. The van der Waals surface area contributed by atoms with Gasteiger partial charge in [-0.1, -0.05) is 0 Å². The van der Waals surface area contributed by atoms with E-state index in [4.69, 9.17) is 5.14 Å². The van der Waals surface area contributed by atoms with E-state index >= 15 is 0 Å². The van der Waals surface area contributed by atoms with Crippen molar-refractivity contribution in [2.24, 2.45) is 5.14 Å². The van der Waals surface area contributed by atoms with Gasteiger partial charge in [0, 0.05) is 35.7 Å². The molecule has 2 amide bonds. The number of hydrogen-bond acceptors (Lipinski definition) is 5. The molecule has 0 unspecified atom stereocenters. The van der Waals surface area contributed by atoms with Gasteiger partial charge >= 0.3 is 0 Å². The van der Waals surface area contributed by atoms with Gasteiger partial charge in [-0.25, -0.2) is 13.6 Å². The highest BCUT2D eigenvalue weighted by molar-refractivity contribution is 7.89. The van der Waals surface area contributed by atoms with Crippen molar-refractivity contribution in [2.45, 2.75) is 38.0 Å². The summed E-state index contributed by atoms with van der Waals surface area (Å²) in [6.07, 6.45) is 4.38. The van der Waals surface area contributed by atoms with Gasteiger partial charge in [-0.3, -0.25) is 9.59 Å². The molecule has 0 radical (unpaired) electrons. The normalized spacial score (nSPS) is 17.4. The number of aromatic nitrogens is 1. The van der Waals surface area contributed by atoms with E-state index in [1.165, 1.54) is 31.0 Å². The molecule has 2 aliphatic rings. The highest BCUT2D eigenvalue weighted by Gasteiger charge is 2.27. The van der Waals surface area contributed by atoms with E-state index in [1.807, 2.05) is 13.8 Å². The molecule has 1 aromatic heterocycles. The summed E-state index contributed by atoms with van der Waals surface area (Å²) in [7, 11) is -3.90. The van der Waals surface area contributed by atoms with Crippen LogP contribution < -0.4 is 15.8 Å². The third-order valence-corrected chi connectivity index (χ3v) is 7.22. The van der Waals surface area contributed by atoms with Gasteiger partial charge in [0.2, 0.25) is 15.9 Å². The molecule has 0 saturated carbocycles. The molecule has 1 saturated heterocycles. The zero-order valence-electron chi connectivity index (χ0n) is 18.8. The Balaban J connectivity index is 1.52. The molecule has 0 bridgehead atoms. The van der Waals surface area contributed by atoms with Gasteiger partial charge in [-0.05, 0) is 75.2 Å². The van der Waals surface area contributed by atoms with Gasteiger partial charge in [-0.15, -0.1) is 0 Å². The number of nitrogens with two attached hydrogens (primary N) is 1. The van der Waals surface area contributed by atoms with E-state index < -0.39 is 10.0 Å². The van der Waals surface area contributed by atoms with Crippen molar-refractivity contribution in [1.82, 2.24) is 15.2 Å². The zero-order chi connectivity index (χ0) is 23.8. The van der Waals surface area contributed by atoms with E-state index in [9.17, 15) is 18.0 Å². The van der Waals surface area contributed by atoms with E-state index in [0.717, 1.165) is 36.5 Å². The lowest BCUT2D eigenvalue weighted by Gasteiger charge is -2.14. The number of nitrogens with zero attached hydrogens (tertiary/aromatic N) is 1. The minimum atomic E-state index is -3.90. The summed E-state index contributed by atoms with van der Waals surface area (Å²) in [6, 6.07) is 4.29. The molecule has 2 aromatic rings. The van der Waals surface area contributed by atoms with Gasteiger partial charge in [0.1, 0.15) is 0 Å². The lowest BCUT2D eigenvalue weighted by molar-refractivity contribution is -0.120. The number of anilines is 1. The maximum atomic E-state index is 12.6. The SMILES string of the molecule is Cc1[nH]c(C=C2C(=O)Nc3ccc(S(N)(=O)=O)cc32)c(C)c1CC(=O)NCCN1CCCC1. The number of H-pyrrole nitrogens is 1. The number of sulfonamides is 1. The van der Waals surface area contributed by atoms with Crippen LogP contribution in [0.5, 0.6) is 0 Å². The van der Waals surface area contributed by atoms with Crippen molar-refractivity contribution in [3.8, 4) is 0 Å². The predicted molar refractivity (Wildman–Crippen MR) is 127 cm³/mol. The first-order valence-corrected chi connectivity index (χ1v) is 12.6. The Kier molecular flexibility index (Phi) is 6.42. The second kappa shape index (κ2) is 9.12. The Morgan fingerprint density at radius 2 is 1.97 bits per heavy atom. The average molecular weight is 472 g/mol. The van der Waals surface area contributed by atoms with Crippen molar-refractivity contribution in [1.29, 1.82) is 0 Å². The second-order valence-corrected chi connectivity index (χ2v) is 10.2. The Labute approximate surface area is 193 Å². The highest BCUT2D eigenvalue weighted by Crippen LogP contribution is 2.35. The number of nitrogens with one attached hydrogen (secondary N) is 3. The Morgan fingerprint density at radius 1 is 1.24 bits per heavy atom. The lowest BCUT2D eigenvalue weighted by Crippen LogP contribution is -2.34. The monoisotopic (exact) mass is 471 g/mol. The number of carbonyl (C=O) groups excluding carboxylic acids is 2. The Hall–Kier alpha value is -2.95. The van der Waals surface area contributed by atoms with E-state index in [2.05, 4.69) is 20.5 Å². The number of aromatic amines is 1. The molecule has 5 N–H and O–H groups in total. The Bertz CT molecular complexity index is 1240. The first-order chi connectivity index (χ1) is 15.6. The zero-order valence-corrected chi connectivity index (χ0v) is 19.6. The number of rotatable bonds is 7. The van der Waals surface area contributed by atoms with Crippen LogP contribution in [0.4, 0.5) is 5.69 Å². The molecule has 0 spiro atoms. The van der Waals surface area contributed by atoms with Crippen LogP contribution in [-0.2, 0) is 26.0 Å². The molecule has 3 heterocycles. The minimum absolute atomic E-state index is 0.0413. The number of fused-ring (bicyclic) bond motifs is 1. The standard InChI is InChI=1S/C23H29N5O4S/c1-14-17(13-22(29)25-7-10-28-8-3-4-9-28)15(2)26-21(14)12-19-18-11-16(33(24,31)32)5-6-20(18)27-23(19)30/h5-6,11-12,26H,3-4,7-10,13H2,1-2H3,(H,25,29)(H,27,30)(H2,24,31,32). The fourth-order valence-corrected chi connectivity index (χ4v) is 4.98. The van der Waals surface area contributed by atoms with Crippen LogP contribution in [-0.4, -0.2) is 56.3 Å². The van der Waals surface area contributed by atoms with Crippen molar-refractivity contribution in [3.63, 3.8) is 0 Å². The molecule has 1 fully saturated rings. The fourth-order valence-electron chi connectivity index (χ4n) is 4.44. The van der Waals surface area contributed by atoms with Gasteiger partial charge < -0.3 is 20.5 Å². The number of amides is 2. The predicted octanol–water partition coefficient (Wildman–Crippen LogP) is 1.53. The summed E-state index contributed by atoms with van der Waals surface area (Å²) in [5.41, 5.74) is 4.64. The number of benzene rings is 1. The van der Waals surface area contributed by atoms with Crippen molar-refractivity contribution in [2.75, 3.05) is 31.5 Å². The maximum absolute atomic E-state index is 12.6. The first-order valence-electron chi connectivity index (χ1n) is 11.0. The van der Waals surface area contributed by atoms with Crippen LogP contribution >= 0.6 is 0 Å². The fraction of sp³-hybridized carbons (Fsp3) is 0.391. The number of likely N-dealkylation sites (tertiary alicyclic amines) is 1. The summed E-state index contributed by atoms with van der Waals surface area (Å²) in [5.74, 6) is -0.371. The average Bonchev–Trinajstić information content (AvgIpc) is 3.43. The molecule has 4 rings (SSSR count). The molecular weight excluding hydrogens is 442 g/mol. The van der Waals surface area contributed by atoms with Gasteiger partial charge in [0.25, 0.3) is 5.91 Å². The molecule has 1 aromatic carbocycles. The van der Waals surface area contributed by atoms with E-state index in [0.29, 0.717) is 29.1 Å². The molecule has 176 valence electrons. The second-order valence-electron chi connectivity index (χ2n) is 8.61. The number of primary sulfonamides is 1. The molecule has 0 atom stereocenters. The van der Waals surface area contributed by atoms with Crippen molar-refractivity contribution in [3.05, 3.63) is 46.3 Å². The molecule has 9 nitrogen and oxygen atoms in total. The van der Waals surface area contributed by atoms with Crippen LogP contribution in [0, 0.1) is 13.8 Å². The topological polar surface area (TPSA) is 137 Å². The van der Waals surface area contributed by atoms with Crippen LogP contribution in [0.15, 0.2) is 23.1 Å². The third kappa shape index (κ3) is 5.02. The summed E-state index contributed by atoms with van der Waals surface area (Å²) < 4.78 is 23.5. The smallest absolute Gasteiger partial charge is 0.256 e. The summed E-state index contributed by atoms with van der Waals surface area (Å²) >= 11 is 0. The summed E-state index contributed by atoms with van der Waals surface area (Å²) in [5, 5.41) is 11.0. The van der Waals surface area contributed by atoms with Gasteiger partial charge in [-0.2, -0.15) is 0 Å². The van der Waals surface area contributed by atoms with Gasteiger partial charge in [0.15, 0.2) is 0 Å². The van der Waals surface area contributed by atoms with Crippen molar-refractivity contribution >= 4 is 39.2 Å². The molecule has 33 heavy (non-hydrogen) atoms. The van der Waals surface area contributed by atoms with Crippen molar-refractivity contribution < 1.29 is 18.0 Å². The Morgan fingerprint density at radius 3 is 2.67 bits per heavy atom. The lowest BCUT2D eigenvalue weighted by atomic mass is 10.0. The summed E-state index contributed by atoms with van der Waals surface area (Å²) in [4.78, 5) is 30.6. The maximum Gasteiger partial charge on any atom is 0.256 e. The third-order valence-electron chi connectivity index (χ3n) is 6.31. The van der Waals surface area contributed by atoms with E-state index in [1.54, 1.807) is 6.08 Å². The molecular formula is C23H29N5O4S. The molecule has 10 heteroatoms. The quantitative estimate of drug-likeness (QED) is 0.454. The molecule has 0 aliphatic carbocycles. The van der Waals surface area contributed by atoms with Crippen LogP contribution in [0.25, 0.3) is 11.6 Å². The van der Waals surface area contributed by atoms with Crippen LogP contribution in [0.1, 0.15) is 40.9 Å². The summed E-state index contributed by atoms with van der Waals surface area (Å²) in [6.45, 7) is 7.48.